The molecule has 0 atom stereocenters. The Kier molecular flexibility index (Phi) is 6.26. The van der Waals surface area contributed by atoms with Gasteiger partial charge in [-0.3, -0.25) is 4.55 Å². The lowest BCUT2D eigenvalue weighted by Crippen LogP contribution is -2.09. The first-order valence-corrected chi connectivity index (χ1v) is 8.71. The molecule has 0 saturated heterocycles. The predicted octanol–water partition coefficient (Wildman–Crippen LogP) is 3.59. The third kappa shape index (κ3) is 3.20. The van der Waals surface area contributed by atoms with Gasteiger partial charge in [-0.1, -0.05) is 45.0 Å². The van der Waals surface area contributed by atoms with E-state index in [-0.39, 0.29) is 4.90 Å². The van der Waals surface area contributed by atoms with Gasteiger partial charge in [0.05, 0.1) is 0 Å². The molecule has 120 valence electrons. The standard InChI is InChI=1S/C16H20O3S.CH2O/c1-4-11-12(5-2)14-9-7-8-10-15(14)16(13(11)6-3)20(17,18)19;1-2/h7-10H,4-6H2,1-3H3,(H,17,18,19);1H2. The van der Waals surface area contributed by atoms with Crippen LogP contribution in [0.5, 0.6) is 0 Å². The SMILES string of the molecule is C=O.CCc1c(CC)c(S(=O)(=O)O)c2ccccc2c1CC. The molecule has 2 rings (SSSR count). The van der Waals surface area contributed by atoms with Gasteiger partial charge in [-0.25, -0.2) is 0 Å². The lowest BCUT2D eigenvalue weighted by Gasteiger charge is -2.19. The zero-order valence-corrected chi connectivity index (χ0v) is 14.0. The molecule has 0 radical (unpaired) electrons. The van der Waals surface area contributed by atoms with Gasteiger partial charge in [-0.15, -0.1) is 0 Å². The normalized spacial score (nSPS) is 11.1. The highest BCUT2D eigenvalue weighted by molar-refractivity contribution is 7.86. The van der Waals surface area contributed by atoms with E-state index in [0.717, 1.165) is 29.4 Å². The lowest BCUT2D eigenvalue weighted by atomic mass is 9.90. The van der Waals surface area contributed by atoms with E-state index >= 15 is 0 Å². The molecule has 4 nitrogen and oxygen atoms in total. The largest absolute Gasteiger partial charge is 0.307 e. The lowest BCUT2D eigenvalue weighted by molar-refractivity contribution is -0.0979. The van der Waals surface area contributed by atoms with Crippen molar-refractivity contribution < 1.29 is 17.8 Å². The van der Waals surface area contributed by atoms with Crippen LogP contribution < -0.4 is 0 Å². The van der Waals surface area contributed by atoms with Crippen molar-refractivity contribution in [2.24, 2.45) is 0 Å². The monoisotopic (exact) mass is 322 g/mol. The number of fused-ring (bicyclic) bond motifs is 1. The van der Waals surface area contributed by atoms with Crippen molar-refractivity contribution in [2.75, 3.05) is 0 Å². The molecule has 1 N–H and O–H groups in total. The third-order valence-corrected chi connectivity index (χ3v) is 4.80. The van der Waals surface area contributed by atoms with E-state index in [4.69, 9.17) is 4.79 Å². The number of hydrogen-bond donors (Lipinski definition) is 1. The van der Waals surface area contributed by atoms with Crippen molar-refractivity contribution in [3.8, 4) is 0 Å². The summed E-state index contributed by atoms with van der Waals surface area (Å²) in [7, 11) is -4.23. The molecule has 0 heterocycles. The second kappa shape index (κ2) is 7.51. The number of benzene rings is 2. The molecule has 0 bridgehead atoms. The van der Waals surface area contributed by atoms with Crippen LogP contribution in [0, 0.1) is 0 Å². The molecule has 0 saturated carbocycles. The summed E-state index contributed by atoms with van der Waals surface area (Å²) in [6, 6.07) is 7.42. The zero-order chi connectivity index (χ0) is 16.9. The fraction of sp³-hybridized carbons (Fsp3) is 0.353. The molecule has 0 aromatic heterocycles. The van der Waals surface area contributed by atoms with Gasteiger partial charge >= 0.3 is 0 Å². The van der Waals surface area contributed by atoms with Crippen LogP contribution in [0.1, 0.15) is 37.5 Å². The van der Waals surface area contributed by atoms with Crippen LogP contribution in [0.3, 0.4) is 0 Å². The summed E-state index contributed by atoms with van der Waals surface area (Å²) in [4.78, 5) is 8.09. The van der Waals surface area contributed by atoms with Crippen LogP contribution in [-0.4, -0.2) is 19.8 Å². The molecule has 0 amide bonds. The predicted molar refractivity (Wildman–Crippen MR) is 89.0 cm³/mol. The van der Waals surface area contributed by atoms with E-state index in [2.05, 4.69) is 6.92 Å². The Bertz CT molecular complexity index is 764. The Morgan fingerprint density at radius 1 is 0.864 bits per heavy atom. The number of aryl methyl sites for hydroxylation is 1. The van der Waals surface area contributed by atoms with Crippen molar-refractivity contribution in [3.05, 3.63) is 41.0 Å². The summed E-state index contributed by atoms with van der Waals surface area (Å²) in [5.74, 6) is 0. The van der Waals surface area contributed by atoms with E-state index < -0.39 is 10.1 Å². The molecule has 0 fully saturated rings. The van der Waals surface area contributed by atoms with Gasteiger partial charge in [0.1, 0.15) is 11.7 Å². The minimum atomic E-state index is -4.23. The van der Waals surface area contributed by atoms with Crippen LogP contribution in [0.2, 0.25) is 0 Å². The molecule has 0 aliphatic rings. The highest BCUT2D eigenvalue weighted by atomic mass is 32.2. The second-order valence-corrected chi connectivity index (χ2v) is 6.20. The van der Waals surface area contributed by atoms with Crippen molar-refractivity contribution in [1.82, 2.24) is 0 Å². The first-order chi connectivity index (χ1) is 10.5. The van der Waals surface area contributed by atoms with Gasteiger partial charge in [0.2, 0.25) is 0 Å². The Morgan fingerprint density at radius 2 is 1.32 bits per heavy atom. The van der Waals surface area contributed by atoms with Crippen molar-refractivity contribution in [2.45, 2.75) is 44.9 Å². The molecule has 0 aliphatic heterocycles. The molecule has 0 aliphatic carbocycles. The van der Waals surface area contributed by atoms with Gasteiger partial charge in [0, 0.05) is 5.39 Å². The smallest absolute Gasteiger partial charge is 0.295 e. The summed E-state index contributed by atoms with van der Waals surface area (Å²) in [5.41, 5.74) is 3.00. The van der Waals surface area contributed by atoms with Crippen molar-refractivity contribution >= 4 is 27.7 Å². The summed E-state index contributed by atoms with van der Waals surface area (Å²) < 4.78 is 33.4. The molecule has 0 unspecified atom stereocenters. The van der Waals surface area contributed by atoms with Crippen LogP contribution in [0.25, 0.3) is 10.8 Å². The molecule has 2 aromatic carbocycles. The molecule has 2 aromatic rings. The summed E-state index contributed by atoms with van der Waals surface area (Å²) in [6.45, 7) is 8.03. The zero-order valence-electron chi connectivity index (χ0n) is 13.2. The molecular formula is C17H22O4S. The van der Waals surface area contributed by atoms with Crippen molar-refractivity contribution in [3.63, 3.8) is 0 Å². The van der Waals surface area contributed by atoms with E-state index in [1.54, 1.807) is 6.07 Å². The Morgan fingerprint density at radius 3 is 1.73 bits per heavy atom. The summed E-state index contributed by atoms with van der Waals surface area (Å²) in [5, 5.41) is 1.55. The van der Waals surface area contributed by atoms with E-state index in [1.165, 1.54) is 5.56 Å². The average molecular weight is 322 g/mol. The molecule has 5 heteroatoms. The highest BCUT2D eigenvalue weighted by Gasteiger charge is 2.23. The maximum absolute atomic E-state index is 11.8. The molecule has 22 heavy (non-hydrogen) atoms. The van der Waals surface area contributed by atoms with Gasteiger partial charge in [-0.05, 0) is 41.3 Å². The first-order valence-electron chi connectivity index (χ1n) is 7.27. The third-order valence-electron chi connectivity index (χ3n) is 3.82. The summed E-state index contributed by atoms with van der Waals surface area (Å²) >= 11 is 0. The minimum absolute atomic E-state index is 0.0876. The quantitative estimate of drug-likeness (QED) is 0.873. The highest BCUT2D eigenvalue weighted by Crippen LogP contribution is 2.34. The van der Waals surface area contributed by atoms with Gasteiger partial charge < -0.3 is 4.79 Å². The van der Waals surface area contributed by atoms with Gasteiger partial charge in [0.15, 0.2) is 0 Å². The second-order valence-electron chi connectivity index (χ2n) is 4.85. The Balaban J connectivity index is 0.00000116. The topological polar surface area (TPSA) is 71.4 Å². The first kappa shape index (κ1) is 18.3. The Hall–Kier alpha value is -1.72. The fourth-order valence-corrected chi connectivity index (χ4v) is 4.12. The maximum atomic E-state index is 11.8. The molecule has 0 spiro atoms. The van der Waals surface area contributed by atoms with Gasteiger partial charge in [0.25, 0.3) is 10.1 Å². The van der Waals surface area contributed by atoms with Crippen LogP contribution in [-0.2, 0) is 34.2 Å². The fourth-order valence-electron chi connectivity index (χ4n) is 3.09. The van der Waals surface area contributed by atoms with E-state index in [9.17, 15) is 13.0 Å². The van der Waals surface area contributed by atoms with E-state index in [1.807, 2.05) is 38.8 Å². The van der Waals surface area contributed by atoms with Gasteiger partial charge in [-0.2, -0.15) is 8.42 Å². The van der Waals surface area contributed by atoms with Crippen LogP contribution in [0.15, 0.2) is 29.2 Å². The minimum Gasteiger partial charge on any atom is -0.307 e. The number of hydrogen-bond acceptors (Lipinski definition) is 3. The maximum Gasteiger partial charge on any atom is 0.295 e. The van der Waals surface area contributed by atoms with Crippen LogP contribution in [0.4, 0.5) is 0 Å². The average Bonchev–Trinajstić information content (AvgIpc) is 2.52. The van der Waals surface area contributed by atoms with E-state index in [0.29, 0.717) is 11.8 Å². The van der Waals surface area contributed by atoms with Crippen molar-refractivity contribution in [1.29, 1.82) is 0 Å². The molecular weight excluding hydrogens is 300 g/mol. The number of rotatable bonds is 4. The number of carbonyl (C=O) groups is 1. The Labute approximate surface area is 131 Å². The number of carbonyl (C=O) groups excluding carboxylic acids is 1. The summed E-state index contributed by atoms with van der Waals surface area (Å²) in [6.07, 6.45) is 2.21. The van der Waals surface area contributed by atoms with Crippen LogP contribution >= 0.6 is 0 Å².